The zero-order valence-corrected chi connectivity index (χ0v) is 13.1. The summed E-state index contributed by atoms with van der Waals surface area (Å²) in [6.07, 6.45) is 5.45. The van der Waals surface area contributed by atoms with Gasteiger partial charge in [0.1, 0.15) is 5.82 Å². The standard InChI is InChI=1S/C17H19N5O/c1-21-10-13(9-18-21)17(23)22-8-4-5-12(11-22)16-19-14-6-2-3-7-15(14)20-16/h2-3,6-7,9-10,12H,4-5,8,11H2,1H3,(H,19,20)/t12-/m0/s1. The number of para-hydroxylation sites is 2. The molecule has 1 N–H and O–H groups in total. The summed E-state index contributed by atoms with van der Waals surface area (Å²) in [4.78, 5) is 22.6. The fourth-order valence-corrected chi connectivity index (χ4v) is 3.26. The molecule has 23 heavy (non-hydrogen) atoms. The average Bonchev–Trinajstić information content (AvgIpc) is 3.20. The van der Waals surface area contributed by atoms with Gasteiger partial charge in [0.05, 0.1) is 22.8 Å². The summed E-state index contributed by atoms with van der Waals surface area (Å²) in [5.41, 5.74) is 2.69. The van der Waals surface area contributed by atoms with Crippen molar-refractivity contribution in [1.29, 1.82) is 0 Å². The number of nitrogens with zero attached hydrogens (tertiary/aromatic N) is 4. The van der Waals surface area contributed by atoms with Gasteiger partial charge in [-0.25, -0.2) is 4.98 Å². The van der Waals surface area contributed by atoms with Crippen LogP contribution in [0.3, 0.4) is 0 Å². The maximum absolute atomic E-state index is 12.6. The number of aryl methyl sites for hydroxylation is 1. The van der Waals surface area contributed by atoms with Gasteiger partial charge in [-0.05, 0) is 25.0 Å². The van der Waals surface area contributed by atoms with Crippen molar-refractivity contribution in [3.63, 3.8) is 0 Å². The topological polar surface area (TPSA) is 66.8 Å². The average molecular weight is 309 g/mol. The first-order valence-electron chi connectivity index (χ1n) is 7.93. The summed E-state index contributed by atoms with van der Waals surface area (Å²) in [6.45, 7) is 1.50. The van der Waals surface area contributed by atoms with E-state index in [0.29, 0.717) is 12.1 Å². The van der Waals surface area contributed by atoms with Crippen LogP contribution in [0.15, 0.2) is 36.7 Å². The van der Waals surface area contributed by atoms with Crippen LogP contribution in [0.4, 0.5) is 0 Å². The van der Waals surface area contributed by atoms with E-state index < -0.39 is 0 Å². The zero-order chi connectivity index (χ0) is 15.8. The second kappa shape index (κ2) is 5.53. The van der Waals surface area contributed by atoms with E-state index >= 15 is 0 Å². The highest BCUT2D eigenvalue weighted by atomic mass is 16.2. The number of H-pyrrole nitrogens is 1. The minimum absolute atomic E-state index is 0.0545. The lowest BCUT2D eigenvalue weighted by molar-refractivity contribution is 0.0705. The number of imidazole rings is 1. The van der Waals surface area contributed by atoms with Crippen molar-refractivity contribution < 1.29 is 4.79 Å². The molecule has 3 aromatic rings. The third-order valence-electron chi connectivity index (χ3n) is 4.45. The zero-order valence-electron chi connectivity index (χ0n) is 13.1. The normalized spacial score (nSPS) is 18.5. The van der Waals surface area contributed by atoms with Crippen LogP contribution in [-0.2, 0) is 7.05 Å². The molecular weight excluding hydrogens is 290 g/mol. The number of likely N-dealkylation sites (tertiary alicyclic amines) is 1. The lowest BCUT2D eigenvalue weighted by Gasteiger charge is -2.31. The molecule has 1 fully saturated rings. The molecule has 0 aliphatic carbocycles. The van der Waals surface area contributed by atoms with Crippen molar-refractivity contribution in [3.05, 3.63) is 48.0 Å². The van der Waals surface area contributed by atoms with Gasteiger partial charge in [0, 0.05) is 32.3 Å². The van der Waals surface area contributed by atoms with Gasteiger partial charge < -0.3 is 9.88 Å². The van der Waals surface area contributed by atoms with Crippen molar-refractivity contribution in [1.82, 2.24) is 24.6 Å². The van der Waals surface area contributed by atoms with Gasteiger partial charge in [0.25, 0.3) is 5.91 Å². The molecule has 6 nitrogen and oxygen atoms in total. The molecule has 1 saturated heterocycles. The number of hydrogen-bond acceptors (Lipinski definition) is 3. The number of hydrogen-bond donors (Lipinski definition) is 1. The number of amides is 1. The predicted molar refractivity (Wildman–Crippen MR) is 87.2 cm³/mol. The molecule has 1 atom stereocenters. The quantitative estimate of drug-likeness (QED) is 0.790. The van der Waals surface area contributed by atoms with Crippen molar-refractivity contribution in [2.45, 2.75) is 18.8 Å². The lowest BCUT2D eigenvalue weighted by atomic mass is 9.97. The Balaban J connectivity index is 1.55. The summed E-state index contributed by atoms with van der Waals surface area (Å²) in [7, 11) is 1.82. The lowest BCUT2D eigenvalue weighted by Crippen LogP contribution is -2.39. The Morgan fingerprint density at radius 1 is 1.35 bits per heavy atom. The van der Waals surface area contributed by atoms with Gasteiger partial charge in [-0.15, -0.1) is 0 Å². The Labute approximate surface area is 134 Å². The van der Waals surface area contributed by atoms with E-state index in [-0.39, 0.29) is 11.8 Å². The molecule has 2 aromatic heterocycles. The Morgan fingerprint density at radius 3 is 3.00 bits per heavy atom. The Kier molecular flexibility index (Phi) is 3.37. The van der Waals surface area contributed by atoms with Crippen molar-refractivity contribution in [2.75, 3.05) is 13.1 Å². The van der Waals surface area contributed by atoms with E-state index in [1.54, 1.807) is 17.1 Å². The predicted octanol–water partition coefficient (Wildman–Crippen LogP) is 2.32. The number of fused-ring (bicyclic) bond motifs is 1. The number of rotatable bonds is 2. The first-order valence-corrected chi connectivity index (χ1v) is 7.93. The first-order chi connectivity index (χ1) is 11.2. The van der Waals surface area contributed by atoms with Gasteiger partial charge in [0.15, 0.2) is 0 Å². The molecule has 0 radical (unpaired) electrons. The van der Waals surface area contributed by atoms with Gasteiger partial charge in [-0.2, -0.15) is 5.10 Å². The Morgan fingerprint density at radius 2 is 2.22 bits per heavy atom. The smallest absolute Gasteiger partial charge is 0.257 e. The highest BCUT2D eigenvalue weighted by Crippen LogP contribution is 2.27. The van der Waals surface area contributed by atoms with Crippen LogP contribution in [0.2, 0.25) is 0 Å². The molecule has 1 aliphatic rings. The first kappa shape index (κ1) is 14.0. The molecule has 1 aromatic carbocycles. The number of nitrogens with one attached hydrogen (secondary N) is 1. The number of aromatic amines is 1. The van der Waals surface area contributed by atoms with Crippen LogP contribution < -0.4 is 0 Å². The molecule has 0 unspecified atom stereocenters. The van der Waals surface area contributed by atoms with E-state index in [0.717, 1.165) is 36.2 Å². The van der Waals surface area contributed by atoms with E-state index in [2.05, 4.69) is 10.1 Å². The highest BCUT2D eigenvalue weighted by Gasteiger charge is 2.27. The van der Waals surface area contributed by atoms with Crippen LogP contribution in [0.1, 0.15) is 34.9 Å². The van der Waals surface area contributed by atoms with Crippen LogP contribution in [-0.4, -0.2) is 43.6 Å². The molecule has 0 bridgehead atoms. The summed E-state index contributed by atoms with van der Waals surface area (Å²) >= 11 is 0. The monoisotopic (exact) mass is 309 g/mol. The summed E-state index contributed by atoms with van der Waals surface area (Å²) in [6, 6.07) is 8.04. The number of carbonyl (C=O) groups excluding carboxylic acids is 1. The Bertz CT molecular complexity index is 816. The molecule has 3 heterocycles. The number of aromatic nitrogens is 4. The number of piperidine rings is 1. The van der Waals surface area contributed by atoms with E-state index in [9.17, 15) is 4.79 Å². The van der Waals surface area contributed by atoms with Gasteiger partial charge in [0.2, 0.25) is 0 Å². The molecule has 1 amide bonds. The van der Waals surface area contributed by atoms with Crippen LogP contribution in [0, 0.1) is 0 Å². The van der Waals surface area contributed by atoms with E-state index in [1.165, 1.54) is 0 Å². The summed E-state index contributed by atoms with van der Waals surface area (Å²) in [5, 5.41) is 4.09. The fraction of sp³-hybridized carbons (Fsp3) is 0.353. The van der Waals surface area contributed by atoms with E-state index in [1.807, 2.05) is 36.2 Å². The molecule has 0 saturated carbocycles. The van der Waals surface area contributed by atoms with Crippen molar-refractivity contribution >= 4 is 16.9 Å². The molecule has 0 spiro atoms. The minimum atomic E-state index is 0.0545. The molecule has 118 valence electrons. The Hall–Kier alpha value is -2.63. The maximum Gasteiger partial charge on any atom is 0.257 e. The van der Waals surface area contributed by atoms with Gasteiger partial charge >= 0.3 is 0 Å². The number of benzene rings is 1. The van der Waals surface area contributed by atoms with Crippen LogP contribution >= 0.6 is 0 Å². The third-order valence-corrected chi connectivity index (χ3v) is 4.45. The SMILES string of the molecule is Cn1cc(C(=O)N2CCC[C@H](c3nc4ccccc4[nH]3)C2)cn1. The highest BCUT2D eigenvalue weighted by molar-refractivity contribution is 5.93. The maximum atomic E-state index is 12.6. The van der Waals surface area contributed by atoms with E-state index in [4.69, 9.17) is 4.98 Å². The molecular formula is C17H19N5O. The van der Waals surface area contributed by atoms with Gasteiger partial charge in [-0.3, -0.25) is 9.48 Å². The molecule has 1 aliphatic heterocycles. The second-order valence-corrected chi connectivity index (χ2v) is 6.13. The third kappa shape index (κ3) is 2.60. The van der Waals surface area contributed by atoms with Crippen molar-refractivity contribution in [2.24, 2.45) is 7.05 Å². The fourth-order valence-electron chi connectivity index (χ4n) is 3.26. The molecule has 4 rings (SSSR count). The van der Waals surface area contributed by atoms with Crippen molar-refractivity contribution in [3.8, 4) is 0 Å². The minimum Gasteiger partial charge on any atom is -0.342 e. The molecule has 6 heteroatoms. The summed E-state index contributed by atoms with van der Waals surface area (Å²) < 4.78 is 1.66. The number of carbonyl (C=O) groups is 1. The van der Waals surface area contributed by atoms with Gasteiger partial charge in [-0.1, -0.05) is 12.1 Å². The van der Waals surface area contributed by atoms with Crippen LogP contribution in [0.5, 0.6) is 0 Å². The largest absolute Gasteiger partial charge is 0.342 e. The summed E-state index contributed by atoms with van der Waals surface area (Å²) in [5.74, 6) is 1.30. The second-order valence-electron chi connectivity index (χ2n) is 6.13. The van der Waals surface area contributed by atoms with Crippen LogP contribution in [0.25, 0.3) is 11.0 Å².